The summed E-state index contributed by atoms with van der Waals surface area (Å²) in [7, 11) is 1.77. The van der Waals surface area contributed by atoms with Gasteiger partial charge in [0.15, 0.2) is 0 Å². The average molecular weight is 326 g/mol. The first-order valence-electron chi connectivity index (χ1n) is 1.61. The maximum atomic E-state index is 10.5. The van der Waals surface area contributed by atoms with Crippen molar-refractivity contribution in [2.75, 3.05) is 12.0 Å². The van der Waals surface area contributed by atoms with Crippen LogP contribution in [0.1, 0.15) is 0 Å². The summed E-state index contributed by atoms with van der Waals surface area (Å²) in [4.78, 5) is 12.4. The van der Waals surface area contributed by atoms with E-state index < -0.39 is 0 Å². The van der Waals surface area contributed by atoms with Crippen molar-refractivity contribution in [1.29, 1.82) is 0 Å². The molecule has 2 nitrogen and oxygen atoms in total. The van der Waals surface area contributed by atoms with Crippen molar-refractivity contribution in [2.24, 2.45) is 0 Å². The summed E-state index contributed by atoms with van der Waals surface area (Å²) in [6, 6.07) is 0. The van der Waals surface area contributed by atoms with Gasteiger partial charge in [0.2, 0.25) is 0 Å². The van der Waals surface area contributed by atoms with E-state index in [1.54, 1.807) is 10.2 Å². The molecule has 0 unspecified atom stereocenters. The summed E-state index contributed by atoms with van der Waals surface area (Å²) in [6.45, 7) is 0. The zero-order valence-electron chi connectivity index (χ0n) is 4.11. The third kappa shape index (κ3) is 3.51. The number of amides is 1. The second-order valence-corrected chi connectivity index (χ2v) is 4.37. The van der Waals surface area contributed by atoms with Gasteiger partial charge in [-0.2, -0.15) is 0 Å². The minimum absolute atomic E-state index is 0.216. The Kier molecular flexibility index (Phi) is 4.39. The first-order chi connectivity index (χ1) is 3.18. The minimum atomic E-state index is -0.216. The van der Waals surface area contributed by atoms with Crippen molar-refractivity contribution in [3.63, 3.8) is 0 Å². The van der Waals surface area contributed by atoms with E-state index in [9.17, 15) is 4.79 Å². The molecule has 0 aromatic rings. The third-order valence-electron chi connectivity index (χ3n) is 0.404. The number of nitrogens with zero attached hydrogens (tertiary/aromatic N) is 1. The molecule has 0 fully saturated rings. The Balaban J connectivity index is 3.35. The molecule has 0 aliphatic heterocycles. The molecule has 0 rings (SSSR count). The molecule has 44 valence electrons. The Morgan fingerprint density at radius 1 is 1.86 bits per heavy atom. The number of rotatable bonds is 1. The Labute approximate surface area is 67.4 Å². The molecule has 0 bridgehead atoms. The summed E-state index contributed by atoms with van der Waals surface area (Å²) in [5.74, 6) is 0. The SMILES string of the molecule is C[I-]C(=O)N(C)I. The van der Waals surface area contributed by atoms with Crippen LogP contribution in [0.4, 0.5) is 4.79 Å². The second kappa shape index (κ2) is 3.88. The molecular weight excluding hydrogens is 320 g/mol. The maximum absolute atomic E-state index is 10.5. The standard InChI is InChI=1S/C3H6I2NO/c1-5-3(7)6(2)4/h1-2H3/q-1. The van der Waals surface area contributed by atoms with Crippen LogP contribution in [0, 0.1) is 0 Å². The second-order valence-electron chi connectivity index (χ2n) is 0.919. The number of hydrogen-bond acceptors (Lipinski definition) is 1. The molecule has 0 aliphatic carbocycles. The van der Waals surface area contributed by atoms with Crippen LogP contribution in [-0.2, 0) is 0 Å². The fourth-order valence-electron chi connectivity index (χ4n) is 0.116. The number of hydrogen-bond donors (Lipinski definition) is 0. The van der Waals surface area contributed by atoms with Crippen LogP contribution in [-0.4, -0.2) is 19.0 Å². The van der Waals surface area contributed by atoms with Crippen molar-refractivity contribution < 1.29 is 26.0 Å². The quantitative estimate of drug-likeness (QED) is 0.181. The zero-order chi connectivity index (χ0) is 5.86. The average Bonchev–Trinajstić information content (AvgIpc) is 1.65. The van der Waals surface area contributed by atoms with Gasteiger partial charge in [0.1, 0.15) is 0 Å². The molecule has 0 N–H and O–H groups in total. The normalized spacial score (nSPS) is 9.00. The molecule has 1 amide bonds. The van der Waals surface area contributed by atoms with Gasteiger partial charge in [-0.3, -0.25) is 0 Å². The monoisotopic (exact) mass is 326 g/mol. The molecule has 0 saturated heterocycles. The van der Waals surface area contributed by atoms with E-state index in [0.717, 1.165) is 0 Å². The van der Waals surface area contributed by atoms with Gasteiger partial charge in [0.05, 0.1) is 0 Å². The molecule has 7 heavy (non-hydrogen) atoms. The fourth-order valence-corrected chi connectivity index (χ4v) is 2.00. The fraction of sp³-hybridized carbons (Fsp3) is 0.667. The molecule has 4 heteroatoms. The molecule has 0 aliphatic rings. The Morgan fingerprint density at radius 2 is 2.29 bits per heavy atom. The summed E-state index contributed by atoms with van der Waals surface area (Å²) >= 11 is 1.76. The van der Waals surface area contributed by atoms with E-state index in [0.29, 0.717) is 0 Å². The van der Waals surface area contributed by atoms with Gasteiger partial charge in [0, 0.05) is 0 Å². The summed E-state index contributed by atoms with van der Waals surface area (Å²) in [6.07, 6.45) is 0. The number of carbonyl (C=O) groups excluding carboxylic acids is 1. The third-order valence-corrected chi connectivity index (χ3v) is 3.41. The van der Waals surface area contributed by atoms with E-state index in [-0.39, 0.29) is 25.1 Å². The Morgan fingerprint density at radius 3 is 2.29 bits per heavy atom. The number of halogens is 2. The van der Waals surface area contributed by atoms with Crippen LogP contribution in [0.15, 0.2) is 0 Å². The van der Waals surface area contributed by atoms with Crippen molar-refractivity contribution in [2.45, 2.75) is 0 Å². The molecular formula is C3H6I2NO-. The van der Waals surface area contributed by atoms with Crippen LogP contribution in [0.5, 0.6) is 0 Å². The first kappa shape index (κ1) is 7.93. The van der Waals surface area contributed by atoms with Gasteiger partial charge in [-0.15, -0.1) is 0 Å². The summed E-state index contributed by atoms with van der Waals surface area (Å²) < 4.78 is 1.88. The van der Waals surface area contributed by atoms with Crippen molar-refractivity contribution in [3.8, 4) is 0 Å². The summed E-state index contributed by atoms with van der Waals surface area (Å²) in [5, 5.41) is 0. The van der Waals surface area contributed by atoms with Crippen LogP contribution in [0.25, 0.3) is 0 Å². The van der Waals surface area contributed by atoms with Crippen molar-refractivity contribution in [3.05, 3.63) is 0 Å². The van der Waals surface area contributed by atoms with Gasteiger partial charge in [-0.25, -0.2) is 0 Å². The van der Waals surface area contributed by atoms with Crippen LogP contribution >= 0.6 is 22.9 Å². The Hall–Kier alpha value is 0.930. The molecule has 0 atom stereocenters. The molecule has 0 radical (unpaired) electrons. The molecule has 0 saturated carbocycles. The Bertz CT molecular complexity index is 73.3. The van der Waals surface area contributed by atoms with Crippen LogP contribution in [0.2, 0.25) is 0 Å². The van der Waals surface area contributed by atoms with Gasteiger partial charge in [0.25, 0.3) is 0 Å². The number of carbonyl (C=O) groups is 1. The van der Waals surface area contributed by atoms with Gasteiger partial charge in [-0.05, 0) is 0 Å². The predicted molar refractivity (Wildman–Crippen MR) is 33.1 cm³/mol. The number of alkyl halides is 1. The zero-order valence-corrected chi connectivity index (χ0v) is 8.43. The van der Waals surface area contributed by atoms with Crippen molar-refractivity contribution >= 4 is 26.8 Å². The molecule has 0 aromatic carbocycles. The van der Waals surface area contributed by atoms with E-state index in [4.69, 9.17) is 0 Å². The van der Waals surface area contributed by atoms with Crippen LogP contribution in [0.3, 0.4) is 0 Å². The predicted octanol–water partition coefficient (Wildman–Crippen LogP) is -1.89. The molecule has 0 aromatic heterocycles. The van der Waals surface area contributed by atoms with Crippen molar-refractivity contribution in [1.82, 2.24) is 3.11 Å². The van der Waals surface area contributed by atoms with Crippen LogP contribution < -0.4 is 21.2 Å². The topological polar surface area (TPSA) is 20.3 Å². The molecule has 0 spiro atoms. The van der Waals surface area contributed by atoms with Gasteiger partial charge >= 0.3 is 67.9 Å². The van der Waals surface area contributed by atoms with E-state index >= 15 is 0 Å². The van der Waals surface area contributed by atoms with E-state index in [1.807, 2.05) is 27.8 Å². The van der Waals surface area contributed by atoms with Gasteiger partial charge in [-0.1, -0.05) is 0 Å². The summed E-state index contributed by atoms with van der Waals surface area (Å²) in [5.41, 5.74) is 0. The van der Waals surface area contributed by atoms with E-state index in [2.05, 4.69) is 0 Å². The van der Waals surface area contributed by atoms with Gasteiger partial charge < -0.3 is 0 Å². The van der Waals surface area contributed by atoms with E-state index in [1.165, 1.54) is 0 Å². The first-order valence-corrected chi connectivity index (χ1v) is 5.81. The molecule has 0 heterocycles.